The van der Waals surface area contributed by atoms with Crippen LogP contribution in [0.2, 0.25) is 0 Å². The number of amides is 1. The minimum Gasteiger partial charge on any atom is -0.341 e. The summed E-state index contributed by atoms with van der Waals surface area (Å²) in [5, 5.41) is 0. The van der Waals surface area contributed by atoms with Crippen LogP contribution in [0.3, 0.4) is 0 Å². The molecular formula is C21H30FN3O. The second-order valence-electron chi connectivity index (χ2n) is 8.44. The van der Waals surface area contributed by atoms with Crippen LogP contribution in [0.5, 0.6) is 0 Å². The molecule has 142 valence electrons. The number of hydrogen-bond donors (Lipinski definition) is 0. The van der Waals surface area contributed by atoms with Gasteiger partial charge in [-0.05, 0) is 56.0 Å². The van der Waals surface area contributed by atoms with Gasteiger partial charge in [-0.2, -0.15) is 0 Å². The first-order chi connectivity index (χ1) is 12.6. The van der Waals surface area contributed by atoms with Crippen molar-refractivity contribution >= 4 is 5.91 Å². The molecule has 0 saturated carbocycles. The van der Waals surface area contributed by atoms with E-state index in [1.807, 2.05) is 12.1 Å². The first kappa shape index (κ1) is 17.9. The zero-order valence-electron chi connectivity index (χ0n) is 15.8. The van der Waals surface area contributed by atoms with Crippen molar-refractivity contribution in [3.8, 4) is 0 Å². The molecule has 4 nitrogen and oxygen atoms in total. The monoisotopic (exact) mass is 359 g/mol. The molecule has 26 heavy (non-hydrogen) atoms. The highest BCUT2D eigenvalue weighted by molar-refractivity contribution is 5.86. The number of halogens is 1. The largest absolute Gasteiger partial charge is 0.341 e. The Morgan fingerprint density at radius 2 is 1.81 bits per heavy atom. The third-order valence-corrected chi connectivity index (χ3v) is 6.73. The van der Waals surface area contributed by atoms with E-state index in [9.17, 15) is 9.18 Å². The van der Waals surface area contributed by atoms with Crippen molar-refractivity contribution < 1.29 is 9.18 Å². The average molecular weight is 359 g/mol. The van der Waals surface area contributed by atoms with Crippen LogP contribution in [0.15, 0.2) is 24.3 Å². The molecule has 4 rings (SSSR count). The lowest BCUT2D eigenvalue weighted by atomic mass is 9.78. The van der Waals surface area contributed by atoms with E-state index < -0.39 is 0 Å². The lowest BCUT2D eigenvalue weighted by molar-refractivity contribution is -0.137. The number of carbonyl (C=O) groups excluding carboxylic acids is 1. The molecule has 0 radical (unpaired) electrons. The van der Waals surface area contributed by atoms with Gasteiger partial charge >= 0.3 is 0 Å². The van der Waals surface area contributed by atoms with Crippen molar-refractivity contribution in [3.63, 3.8) is 0 Å². The lowest BCUT2D eigenvalue weighted by Crippen LogP contribution is -2.42. The van der Waals surface area contributed by atoms with Gasteiger partial charge in [0.2, 0.25) is 5.91 Å². The molecule has 0 unspecified atom stereocenters. The number of benzene rings is 1. The lowest BCUT2D eigenvalue weighted by Gasteiger charge is -2.27. The molecule has 5 heteroatoms. The van der Waals surface area contributed by atoms with Crippen LogP contribution in [0.25, 0.3) is 0 Å². The van der Waals surface area contributed by atoms with Crippen LogP contribution in [-0.4, -0.2) is 66.4 Å². The zero-order valence-corrected chi connectivity index (χ0v) is 15.8. The number of likely N-dealkylation sites (tertiary alicyclic amines) is 3. The molecule has 3 aliphatic rings. The highest BCUT2D eigenvalue weighted by atomic mass is 19.1. The van der Waals surface area contributed by atoms with Crippen LogP contribution < -0.4 is 0 Å². The number of nitrogens with zero attached hydrogens (tertiary/aromatic N) is 3. The molecular weight excluding hydrogens is 329 g/mol. The molecule has 1 spiro atoms. The average Bonchev–Trinajstić information content (AvgIpc) is 3.32. The molecule has 0 N–H and O–H groups in total. The summed E-state index contributed by atoms with van der Waals surface area (Å²) in [5.41, 5.74) is 0.914. The van der Waals surface area contributed by atoms with E-state index in [4.69, 9.17) is 0 Å². The fraction of sp³-hybridized carbons (Fsp3) is 0.667. The van der Waals surface area contributed by atoms with Crippen molar-refractivity contribution in [1.82, 2.24) is 14.7 Å². The fourth-order valence-electron chi connectivity index (χ4n) is 5.09. The highest BCUT2D eigenvalue weighted by Gasteiger charge is 2.54. The van der Waals surface area contributed by atoms with Gasteiger partial charge in [-0.3, -0.25) is 9.69 Å². The van der Waals surface area contributed by atoms with Crippen molar-refractivity contribution in [2.24, 2.45) is 11.3 Å². The molecule has 3 fully saturated rings. The Kier molecular flexibility index (Phi) is 5.02. The first-order valence-electron chi connectivity index (χ1n) is 10.1. The Labute approximate surface area is 155 Å². The Morgan fingerprint density at radius 3 is 2.54 bits per heavy atom. The van der Waals surface area contributed by atoms with Gasteiger partial charge in [0.15, 0.2) is 0 Å². The second-order valence-corrected chi connectivity index (χ2v) is 8.44. The maximum absolute atomic E-state index is 13.2. The number of carbonyl (C=O) groups is 1. The minimum atomic E-state index is -0.203. The van der Waals surface area contributed by atoms with E-state index >= 15 is 0 Å². The van der Waals surface area contributed by atoms with Gasteiger partial charge < -0.3 is 9.80 Å². The van der Waals surface area contributed by atoms with Crippen molar-refractivity contribution in [2.75, 3.05) is 45.8 Å². The summed E-state index contributed by atoms with van der Waals surface area (Å²) in [6, 6.07) is 6.74. The van der Waals surface area contributed by atoms with Gasteiger partial charge in [0.25, 0.3) is 0 Å². The summed E-state index contributed by atoms with van der Waals surface area (Å²) in [4.78, 5) is 20.2. The SMILES string of the molecule is C[C@@H]1CN(Cc2ccc(F)cc2)C[C@]12CCN(CCN1CCCC1)C2=O. The van der Waals surface area contributed by atoms with Crippen LogP contribution in [-0.2, 0) is 11.3 Å². The van der Waals surface area contributed by atoms with E-state index in [1.54, 1.807) is 0 Å². The van der Waals surface area contributed by atoms with Gasteiger partial charge in [-0.1, -0.05) is 19.1 Å². The summed E-state index contributed by atoms with van der Waals surface area (Å²) in [6.07, 6.45) is 3.58. The smallest absolute Gasteiger partial charge is 0.230 e. The number of rotatable bonds is 5. The third kappa shape index (κ3) is 3.39. The van der Waals surface area contributed by atoms with Gasteiger partial charge in [0.05, 0.1) is 5.41 Å². The summed E-state index contributed by atoms with van der Waals surface area (Å²) in [7, 11) is 0. The summed E-state index contributed by atoms with van der Waals surface area (Å²) in [5.74, 6) is 0.553. The van der Waals surface area contributed by atoms with E-state index in [0.29, 0.717) is 11.8 Å². The molecule has 3 aliphatic heterocycles. The molecule has 1 aromatic carbocycles. The van der Waals surface area contributed by atoms with Crippen molar-refractivity contribution in [2.45, 2.75) is 32.7 Å². The molecule has 0 bridgehead atoms. The Morgan fingerprint density at radius 1 is 1.08 bits per heavy atom. The van der Waals surface area contributed by atoms with Crippen molar-refractivity contribution in [3.05, 3.63) is 35.6 Å². The maximum atomic E-state index is 13.2. The standard InChI is InChI=1S/C21H30FN3O/c1-17-14-24(15-18-4-6-19(22)7-5-18)16-21(17)8-11-25(20(21)26)13-12-23-9-2-3-10-23/h4-7,17H,2-3,8-16H2,1H3/t17-,21-/m1/s1. The highest BCUT2D eigenvalue weighted by Crippen LogP contribution is 2.45. The van der Waals surface area contributed by atoms with E-state index in [1.165, 1.54) is 38.1 Å². The molecule has 1 aromatic rings. The van der Waals surface area contributed by atoms with Gasteiger partial charge in [0, 0.05) is 39.3 Å². The van der Waals surface area contributed by atoms with Gasteiger partial charge in [-0.25, -0.2) is 4.39 Å². The third-order valence-electron chi connectivity index (χ3n) is 6.73. The number of hydrogen-bond acceptors (Lipinski definition) is 3. The topological polar surface area (TPSA) is 26.8 Å². The van der Waals surface area contributed by atoms with Crippen molar-refractivity contribution in [1.29, 1.82) is 0 Å². The molecule has 0 aliphatic carbocycles. The maximum Gasteiger partial charge on any atom is 0.230 e. The van der Waals surface area contributed by atoms with Crippen LogP contribution in [0.4, 0.5) is 4.39 Å². The predicted octanol–water partition coefficient (Wildman–Crippen LogP) is 2.59. The minimum absolute atomic E-state index is 0.195. The summed E-state index contributed by atoms with van der Waals surface area (Å²) in [6.45, 7) is 10.00. The van der Waals surface area contributed by atoms with E-state index in [-0.39, 0.29) is 11.2 Å². The molecule has 2 atom stereocenters. The quantitative estimate of drug-likeness (QED) is 0.809. The van der Waals surface area contributed by atoms with Gasteiger partial charge in [-0.15, -0.1) is 0 Å². The van der Waals surface area contributed by atoms with E-state index in [2.05, 4.69) is 21.6 Å². The fourth-order valence-corrected chi connectivity index (χ4v) is 5.09. The Hall–Kier alpha value is -1.46. The zero-order chi connectivity index (χ0) is 18.1. The Balaban J connectivity index is 1.36. The normalized spacial score (nSPS) is 30.2. The van der Waals surface area contributed by atoms with Gasteiger partial charge in [0.1, 0.15) is 5.82 Å². The summed E-state index contributed by atoms with van der Waals surface area (Å²) < 4.78 is 13.1. The predicted molar refractivity (Wildman–Crippen MR) is 100 cm³/mol. The molecule has 1 amide bonds. The second kappa shape index (κ2) is 7.28. The summed E-state index contributed by atoms with van der Waals surface area (Å²) >= 11 is 0. The molecule has 3 saturated heterocycles. The van der Waals surface area contributed by atoms with Crippen LogP contribution >= 0.6 is 0 Å². The Bertz CT molecular complexity index is 643. The molecule has 0 aromatic heterocycles. The van der Waals surface area contributed by atoms with E-state index in [0.717, 1.165) is 51.3 Å². The first-order valence-corrected chi connectivity index (χ1v) is 10.1. The van der Waals surface area contributed by atoms with Crippen LogP contribution in [0.1, 0.15) is 31.7 Å². The van der Waals surface area contributed by atoms with Crippen LogP contribution in [0, 0.1) is 17.2 Å². The molecule has 3 heterocycles.